The Balaban J connectivity index is 2.75. The van der Waals surface area contributed by atoms with Gasteiger partial charge in [0.2, 0.25) is 0 Å². The van der Waals surface area contributed by atoms with Gasteiger partial charge in [-0.3, -0.25) is 0 Å². The predicted molar refractivity (Wildman–Crippen MR) is 42.2 cm³/mol. The molecule has 0 amide bonds. The van der Waals surface area contributed by atoms with Crippen LogP contribution in [-0.4, -0.2) is 26.9 Å². The van der Waals surface area contributed by atoms with Gasteiger partial charge in [0.25, 0.3) is 0 Å². The second-order valence-corrected chi connectivity index (χ2v) is 2.22. The number of nitrogens with zero attached hydrogens (tertiary/aromatic N) is 1. The Morgan fingerprint density at radius 3 is 2.64 bits per heavy atom. The lowest BCUT2D eigenvalue weighted by atomic mass is 10.3. The standard InChI is InChI=1S/C8H15NO2/c1-10-7-8-11-6-4-2-3-5-9/h2-4,6-8H2,1H3. The van der Waals surface area contributed by atoms with Crippen LogP contribution in [0.25, 0.3) is 0 Å². The van der Waals surface area contributed by atoms with E-state index >= 15 is 0 Å². The normalized spacial score (nSPS) is 9.45. The molecule has 0 aliphatic carbocycles. The quantitative estimate of drug-likeness (QED) is 0.524. The topological polar surface area (TPSA) is 42.2 Å². The summed E-state index contributed by atoms with van der Waals surface area (Å²) in [7, 11) is 1.65. The maximum absolute atomic E-state index is 8.20. The molecule has 0 N–H and O–H groups in total. The summed E-state index contributed by atoms with van der Waals surface area (Å²) in [5.41, 5.74) is 0. The Morgan fingerprint density at radius 1 is 1.18 bits per heavy atom. The highest BCUT2D eigenvalue weighted by Crippen LogP contribution is 1.93. The average Bonchev–Trinajstić information content (AvgIpc) is 2.03. The van der Waals surface area contributed by atoms with Crippen LogP contribution >= 0.6 is 0 Å². The summed E-state index contributed by atoms with van der Waals surface area (Å²) in [5, 5.41) is 8.20. The Bertz CT molecular complexity index is 109. The highest BCUT2D eigenvalue weighted by molar-refractivity contribution is 4.67. The molecule has 0 saturated carbocycles. The third kappa shape index (κ3) is 9.41. The zero-order chi connectivity index (χ0) is 8.36. The summed E-state index contributed by atoms with van der Waals surface area (Å²) in [4.78, 5) is 0. The average molecular weight is 157 g/mol. The van der Waals surface area contributed by atoms with E-state index in [2.05, 4.69) is 6.07 Å². The van der Waals surface area contributed by atoms with E-state index in [9.17, 15) is 0 Å². The van der Waals surface area contributed by atoms with Crippen molar-refractivity contribution in [2.24, 2.45) is 0 Å². The molecule has 0 unspecified atom stereocenters. The van der Waals surface area contributed by atoms with Crippen molar-refractivity contribution >= 4 is 0 Å². The lowest BCUT2D eigenvalue weighted by Gasteiger charge is -2.00. The highest BCUT2D eigenvalue weighted by atomic mass is 16.5. The van der Waals surface area contributed by atoms with Crippen molar-refractivity contribution in [1.82, 2.24) is 0 Å². The number of rotatable bonds is 7. The third-order valence-corrected chi connectivity index (χ3v) is 1.26. The minimum Gasteiger partial charge on any atom is -0.382 e. The van der Waals surface area contributed by atoms with Gasteiger partial charge in [0.05, 0.1) is 19.3 Å². The molecule has 0 fully saturated rings. The second-order valence-electron chi connectivity index (χ2n) is 2.22. The molecular formula is C8H15NO2. The zero-order valence-electron chi connectivity index (χ0n) is 7.01. The van der Waals surface area contributed by atoms with Gasteiger partial charge < -0.3 is 9.47 Å². The maximum Gasteiger partial charge on any atom is 0.0700 e. The second kappa shape index (κ2) is 9.41. The van der Waals surface area contributed by atoms with E-state index in [-0.39, 0.29) is 0 Å². The molecule has 64 valence electrons. The molecule has 0 radical (unpaired) electrons. The zero-order valence-corrected chi connectivity index (χ0v) is 7.01. The minimum absolute atomic E-state index is 0.633. The molecule has 11 heavy (non-hydrogen) atoms. The fourth-order valence-electron chi connectivity index (χ4n) is 0.653. The lowest BCUT2D eigenvalue weighted by molar-refractivity contribution is 0.0689. The van der Waals surface area contributed by atoms with E-state index < -0.39 is 0 Å². The van der Waals surface area contributed by atoms with Crippen molar-refractivity contribution in [2.45, 2.75) is 19.3 Å². The first-order valence-corrected chi connectivity index (χ1v) is 3.85. The van der Waals surface area contributed by atoms with Crippen LogP contribution in [-0.2, 0) is 9.47 Å². The summed E-state index contributed by atoms with van der Waals surface area (Å²) < 4.78 is 9.98. The molecule has 0 aliphatic heterocycles. The Kier molecular flexibility index (Phi) is 8.91. The van der Waals surface area contributed by atoms with Crippen LogP contribution in [0.5, 0.6) is 0 Å². The monoisotopic (exact) mass is 157 g/mol. The maximum atomic E-state index is 8.20. The van der Waals surface area contributed by atoms with Gasteiger partial charge in [0.1, 0.15) is 0 Å². The molecule has 0 bridgehead atoms. The number of unbranched alkanes of at least 4 members (excludes halogenated alkanes) is 2. The van der Waals surface area contributed by atoms with Gasteiger partial charge in [-0.1, -0.05) is 0 Å². The first-order chi connectivity index (χ1) is 5.41. The van der Waals surface area contributed by atoms with Crippen LogP contribution in [0.4, 0.5) is 0 Å². The van der Waals surface area contributed by atoms with E-state index in [1.54, 1.807) is 7.11 Å². The van der Waals surface area contributed by atoms with Gasteiger partial charge in [-0.25, -0.2) is 0 Å². The van der Waals surface area contributed by atoms with Crippen molar-refractivity contribution in [3.63, 3.8) is 0 Å². The number of hydrogen-bond donors (Lipinski definition) is 0. The van der Waals surface area contributed by atoms with E-state index in [0.717, 1.165) is 19.4 Å². The molecular weight excluding hydrogens is 142 g/mol. The number of hydrogen-bond acceptors (Lipinski definition) is 3. The van der Waals surface area contributed by atoms with Gasteiger partial charge in [0, 0.05) is 20.1 Å². The van der Waals surface area contributed by atoms with Crippen molar-refractivity contribution < 1.29 is 9.47 Å². The molecule has 0 aromatic carbocycles. The van der Waals surface area contributed by atoms with Crippen molar-refractivity contribution in [1.29, 1.82) is 5.26 Å². The van der Waals surface area contributed by atoms with Gasteiger partial charge >= 0.3 is 0 Å². The largest absolute Gasteiger partial charge is 0.382 e. The van der Waals surface area contributed by atoms with Crippen LogP contribution < -0.4 is 0 Å². The van der Waals surface area contributed by atoms with Crippen LogP contribution in [0, 0.1) is 11.3 Å². The van der Waals surface area contributed by atoms with Gasteiger partial charge in [-0.2, -0.15) is 5.26 Å². The molecule has 0 spiro atoms. The molecule has 3 nitrogen and oxygen atoms in total. The predicted octanol–water partition coefficient (Wildman–Crippen LogP) is 1.34. The van der Waals surface area contributed by atoms with E-state index in [0.29, 0.717) is 19.6 Å². The van der Waals surface area contributed by atoms with Crippen molar-refractivity contribution in [3.8, 4) is 6.07 Å². The molecule has 0 rings (SSSR count). The molecule has 3 heteroatoms. The third-order valence-electron chi connectivity index (χ3n) is 1.26. The summed E-state index contributed by atoms with van der Waals surface area (Å²) in [6.07, 6.45) is 2.54. The first kappa shape index (κ1) is 10.4. The Hall–Kier alpha value is -0.590. The molecule has 0 aromatic heterocycles. The molecule has 0 aliphatic rings. The number of ether oxygens (including phenoxy) is 2. The smallest absolute Gasteiger partial charge is 0.0700 e. The summed E-state index contributed by atoms with van der Waals surface area (Å²) in [6, 6.07) is 2.09. The lowest BCUT2D eigenvalue weighted by Crippen LogP contribution is -2.02. The molecule has 0 aromatic rings. The fraction of sp³-hybridized carbons (Fsp3) is 0.875. The molecule has 0 saturated heterocycles. The van der Waals surface area contributed by atoms with Crippen molar-refractivity contribution in [3.05, 3.63) is 0 Å². The fourth-order valence-corrected chi connectivity index (χ4v) is 0.653. The minimum atomic E-state index is 0.633. The Morgan fingerprint density at radius 2 is 2.00 bits per heavy atom. The van der Waals surface area contributed by atoms with Gasteiger partial charge in [-0.05, 0) is 12.8 Å². The molecule has 0 atom stereocenters. The van der Waals surface area contributed by atoms with Gasteiger partial charge in [-0.15, -0.1) is 0 Å². The van der Waals surface area contributed by atoms with E-state index in [1.165, 1.54) is 0 Å². The summed E-state index contributed by atoms with van der Waals surface area (Å²) in [5.74, 6) is 0. The van der Waals surface area contributed by atoms with Crippen LogP contribution in [0.2, 0.25) is 0 Å². The van der Waals surface area contributed by atoms with Crippen LogP contribution in [0.3, 0.4) is 0 Å². The van der Waals surface area contributed by atoms with Crippen molar-refractivity contribution in [2.75, 3.05) is 26.9 Å². The highest BCUT2D eigenvalue weighted by Gasteiger charge is 1.88. The Labute approximate surface area is 67.9 Å². The SMILES string of the molecule is COCCOCCCCC#N. The number of methoxy groups -OCH3 is 1. The summed E-state index contributed by atoms with van der Waals surface area (Å²) >= 11 is 0. The van der Waals surface area contributed by atoms with Gasteiger partial charge in [0.15, 0.2) is 0 Å². The number of nitriles is 1. The first-order valence-electron chi connectivity index (χ1n) is 3.85. The van der Waals surface area contributed by atoms with E-state index in [4.69, 9.17) is 14.7 Å². The summed E-state index contributed by atoms with van der Waals surface area (Å²) in [6.45, 7) is 2.05. The van der Waals surface area contributed by atoms with E-state index in [1.807, 2.05) is 0 Å². The van der Waals surface area contributed by atoms with Crippen LogP contribution in [0.1, 0.15) is 19.3 Å². The van der Waals surface area contributed by atoms with Crippen LogP contribution in [0.15, 0.2) is 0 Å². The molecule has 0 heterocycles.